The molecule has 0 aliphatic rings. The van der Waals surface area contributed by atoms with Crippen molar-refractivity contribution in [3.05, 3.63) is 41.2 Å². The first-order chi connectivity index (χ1) is 9.21. The average molecular weight is 294 g/mol. The molecule has 2 aromatic rings. The van der Waals surface area contributed by atoms with E-state index < -0.39 is 0 Å². The number of nitrogens with zero attached hydrogens (tertiary/aromatic N) is 2. The Bertz CT molecular complexity index is 543. The molecule has 1 aromatic carbocycles. The summed E-state index contributed by atoms with van der Waals surface area (Å²) >= 11 is 7.50. The van der Waals surface area contributed by atoms with Crippen molar-refractivity contribution in [1.29, 1.82) is 0 Å². The molecule has 0 saturated carbocycles. The van der Waals surface area contributed by atoms with Crippen LogP contribution in [0.3, 0.4) is 0 Å². The molecule has 0 radical (unpaired) electrons. The third kappa shape index (κ3) is 4.11. The summed E-state index contributed by atoms with van der Waals surface area (Å²) in [7, 11) is 0. The van der Waals surface area contributed by atoms with Gasteiger partial charge < -0.3 is 5.32 Å². The van der Waals surface area contributed by atoms with E-state index >= 15 is 0 Å². The smallest absolute Gasteiger partial charge is 0.131 e. The van der Waals surface area contributed by atoms with E-state index in [1.807, 2.05) is 30.3 Å². The maximum atomic E-state index is 5.88. The second-order valence-electron chi connectivity index (χ2n) is 3.95. The Labute approximate surface area is 122 Å². The van der Waals surface area contributed by atoms with Crippen molar-refractivity contribution in [2.75, 3.05) is 11.9 Å². The summed E-state index contributed by atoms with van der Waals surface area (Å²) in [5, 5.41) is 4.93. The van der Waals surface area contributed by atoms with Crippen LogP contribution in [-0.2, 0) is 6.42 Å². The molecule has 1 aromatic heterocycles. The molecule has 0 amide bonds. The van der Waals surface area contributed by atoms with Crippen LogP contribution in [0.25, 0.3) is 0 Å². The van der Waals surface area contributed by atoms with Crippen molar-refractivity contribution >= 4 is 29.2 Å². The maximum Gasteiger partial charge on any atom is 0.131 e. The lowest BCUT2D eigenvalue weighted by atomic mass is 10.4. The van der Waals surface area contributed by atoms with Gasteiger partial charge in [-0.15, -0.1) is 0 Å². The molecule has 0 spiro atoms. The number of halogens is 1. The molecule has 0 atom stereocenters. The number of rotatable bonds is 5. The van der Waals surface area contributed by atoms with Gasteiger partial charge in [0.05, 0.1) is 0 Å². The van der Waals surface area contributed by atoms with E-state index in [-0.39, 0.29) is 0 Å². The highest BCUT2D eigenvalue weighted by molar-refractivity contribution is 7.99. The molecule has 100 valence electrons. The third-order valence-corrected chi connectivity index (χ3v) is 3.64. The predicted molar refractivity (Wildman–Crippen MR) is 81.1 cm³/mol. The Morgan fingerprint density at radius 1 is 1.16 bits per heavy atom. The molecule has 0 unspecified atom stereocenters. The van der Waals surface area contributed by atoms with Gasteiger partial charge in [-0.3, -0.25) is 0 Å². The van der Waals surface area contributed by atoms with Gasteiger partial charge in [0.2, 0.25) is 0 Å². The molecule has 0 aliphatic heterocycles. The van der Waals surface area contributed by atoms with Crippen LogP contribution in [0.4, 0.5) is 5.82 Å². The van der Waals surface area contributed by atoms with Gasteiger partial charge in [0, 0.05) is 29.0 Å². The molecular formula is C14H16ClN3S. The number of benzene rings is 1. The van der Waals surface area contributed by atoms with E-state index in [0.717, 1.165) is 39.6 Å². The number of hydrogen-bond acceptors (Lipinski definition) is 4. The highest BCUT2D eigenvalue weighted by Crippen LogP contribution is 2.28. The molecule has 3 nitrogen and oxygen atoms in total. The number of aromatic nitrogens is 2. The van der Waals surface area contributed by atoms with E-state index in [9.17, 15) is 0 Å². The van der Waals surface area contributed by atoms with Crippen LogP contribution in [0.5, 0.6) is 0 Å². The second-order valence-corrected chi connectivity index (χ2v) is 5.48. The van der Waals surface area contributed by atoms with Crippen LogP contribution >= 0.6 is 23.4 Å². The summed E-state index contributed by atoms with van der Waals surface area (Å²) in [5.41, 5.74) is 0. The van der Waals surface area contributed by atoms with Crippen LogP contribution in [0.2, 0.25) is 5.02 Å². The first-order valence-electron chi connectivity index (χ1n) is 6.26. The molecule has 2 rings (SSSR count). The standard InChI is InChI=1S/C14H16ClN3S/c1-3-12-17-13(16-4-2)9-14(18-12)19-11-7-5-10(15)6-8-11/h5-9H,3-4H2,1-2H3,(H,16,17,18). The fourth-order valence-electron chi connectivity index (χ4n) is 1.58. The zero-order valence-electron chi connectivity index (χ0n) is 11.0. The first kappa shape index (κ1) is 14.2. The normalized spacial score (nSPS) is 10.5. The summed E-state index contributed by atoms with van der Waals surface area (Å²) in [6, 6.07) is 9.73. The highest BCUT2D eigenvalue weighted by Gasteiger charge is 2.05. The van der Waals surface area contributed by atoms with Gasteiger partial charge in [-0.05, 0) is 31.2 Å². The Morgan fingerprint density at radius 3 is 2.53 bits per heavy atom. The molecule has 19 heavy (non-hydrogen) atoms. The Morgan fingerprint density at radius 2 is 1.89 bits per heavy atom. The summed E-state index contributed by atoms with van der Waals surface area (Å²) in [6.07, 6.45) is 0.827. The SMILES string of the molecule is CCNc1cc(Sc2ccc(Cl)cc2)nc(CC)n1. The van der Waals surface area contributed by atoms with Crippen LogP contribution in [0.1, 0.15) is 19.7 Å². The van der Waals surface area contributed by atoms with E-state index in [4.69, 9.17) is 11.6 Å². The van der Waals surface area contributed by atoms with Crippen LogP contribution in [0.15, 0.2) is 40.3 Å². The molecule has 0 aliphatic carbocycles. The van der Waals surface area contributed by atoms with Gasteiger partial charge in [0.1, 0.15) is 16.7 Å². The van der Waals surface area contributed by atoms with E-state index in [1.165, 1.54) is 0 Å². The Balaban J connectivity index is 2.23. The topological polar surface area (TPSA) is 37.8 Å². The second kappa shape index (κ2) is 6.78. The average Bonchev–Trinajstić information content (AvgIpc) is 2.41. The zero-order valence-corrected chi connectivity index (χ0v) is 12.6. The third-order valence-electron chi connectivity index (χ3n) is 2.46. The maximum absolute atomic E-state index is 5.88. The summed E-state index contributed by atoms with van der Waals surface area (Å²) in [5.74, 6) is 1.74. The van der Waals surface area contributed by atoms with Crippen LogP contribution < -0.4 is 5.32 Å². The van der Waals surface area contributed by atoms with Crippen molar-refractivity contribution in [2.24, 2.45) is 0 Å². The molecular weight excluding hydrogens is 278 g/mol. The minimum Gasteiger partial charge on any atom is -0.370 e. The van der Waals surface area contributed by atoms with Gasteiger partial charge in [-0.2, -0.15) is 0 Å². The van der Waals surface area contributed by atoms with Crippen molar-refractivity contribution in [1.82, 2.24) is 9.97 Å². The lowest BCUT2D eigenvalue weighted by molar-refractivity contribution is 0.887. The van der Waals surface area contributed by atoms with Crippen molar-refractivity contribution in [3.63, 3.8) is 0 Å². The Hall–Kier alpha value is -1.26. The molecule has 5 heteroatoms. The van der Waals surface area contributed by atoms with Crippen molar-refractivity contribution < 1.29 is 0 Å². The molecule has 1 heterocycles. The summed E-state index contributed by atoms with van der Waals surface area (Å²) in [6.45, 7) is 4.97. The number of aryl methyl sites for hydroxylation is 1. The van der Waals surface area contributed by atoms with Gasteiger partial charge >= 0.3 is 0 Å². The van der Waals surface area contributed by atoms with Crippen LogP contribution in [-0.4, -0.2) is 16.5 Å². The summed E-state index contributed by atoms with van der Waals surface area (Å²) < 4.78 is 0. The minimum atomic E-state index is 0.745. The lowest BCUT2D eigenvalue weighted by Crippen LogP contribution is -2.03. The lowest BCUT2D eigenvalue weighted by Gasteiger charge is -2.07. The minimum absolute atomic E-state index is 0.745. The van der Waals surface area contributed by atoms with Gasteiger partial charge in [0.25, 0.3) is 0 Å². The number of anilines is 1. The monoisotopic (exact) mass is 293 g/mol. The highest BCUT2D eigenvalue weighted by atomic mass is 35.5. The van der Waals surface area contributed by atoms with E-state index in [2.05, 4.69) is 29.1 Å². The largest absolute Gasteiger partial charge is 0.370 e. The fraction of sp³-hybridized carbons (Fsp3) is 0.286. The van der Waals surface area contributed by atoms with Crippen molar-refractivity contribution in [2.45, 2.75) is 30.2 Å². The fourth-order valence-corrected chi connectivity index (χ4v) is 2.54. The van der Waals surface area contributed by atoms with Gasteiger partial charge in [-0.1, -0.05) is 30.3 Å². The number of nitrogens with one attached hydrogen (secondary N) is 1. The molecule has 0 bridgehead atoms. The Kier molecular flexibility index (Phi) is 5.05. The summed E-state index contributed by atoms with van der Waals surface area (Å²) in [4.78, 5) is 10.1. The predicted octanol–water partition coefficient (Wildman–Crippen LogP) is 4.28. The molecule has 0 saturated heterocycles. The molecule has 0 fully saturated rings. The van der Waals surface area contributed by atoms with E-state index in [0.29, 0.717) is 0 Å². The zero-order chi connectivity index (χ0) is 13.7. The van der Waals surface area contributed by atoms with Crippen LogP contribution in [0, 0.1) is 0 Å². The number of hydrogen-bond donors (Lipinski definition) is 1. The first-order valence-corrected chi connectivity index (χ1v) is 7.46. The quantitative estimate of drug-likeness (QED) is 0.835. The van der Waals surface area contributed by atoms with Crippen molar-refractivity contribution in [3.8, 4) is 0 Å². The van der Waals surface area contributed by atoms with Gasteiger partial charge in [-0.25, -0.2) is 9.97 Å². The molecule has 1 N–H and O–H groups in total. The van der Waals surface area contributed by atoms with Gasteiger partial charge in [0.15, 0.2) is 0 Å². The van der Waals surface area contributed by atoms with E-state index in [1.54, 1.807) is 11.8 Å².